The van der Waals surface area contributed by atoms with Crippen LogP contribution in [0.15, 0.2) is 0 Å². The van der Waals surface area contributed by atoms with Crippen molar-refractivity contribution in [2.24, 2.45) is 5.73 Å². The van der Waals surface area contributed by atoms with Crippen molar-refractivity contribution in [2.45, 2.75) is 31.7 Å². The molecule has 14 heavy (non-hydrogen) atoms. The van der Waals surface area contributed by atoms with Gasteiger partial charge in [-0.3, -0.25) is 14.4 Å². The van der Waals surface area contributed by atoms with Crippen LogP contribution < -0.4 is 5.73 Å². The fourth-order valence-electron chi connectivity index (χ4n) is 0.901. The average Bonchev–Trinajstić information content (AvgIpc) is 2.01. The van der Waals surface area contributed by atoms with Crippen molar-refractivity contribution in [2.75, 3.05) is 0 Å². The van der Waals surface area contributed by atoms with Gasteiger partial charge in [-0.15, -0.1) is 0 Å². The summed E-state index contributed by atoms with van der Waals surface area (Å²) < 4.78 is 0. The highest BCUT2D eigenvalue weighted by Crippen LogP contribution is 2.01. The van der Waals surface area contributed by atoms with Gasteiger partial charge < -0.3 is 15.9 Å². The Bertz CT molecular complexity index is 238. The van der Waals surface area contributed by atoms with Crippen LogP contribution in [-0.2, 0) is 14.4 Å². The van der Waals surface area contributed by atoms with Crippen molar-refractivity contribution in [1.82, 2.24) is 0 Å². The average molecular weight is 203 g/mol. The monoisotopic (exact) mass is 203 g/mol. The third-order valence-corrected chi connectivity index (χ3v) is 1.62. The third kappa shape index (κ3) is 6.13. The van der Waals surface area contributed by atoms with Crippen molar-refractivity contribution < 1.29 is 24.6 Å². The molecule has 0 fully saturated rings. The molecule has 0 spiro atoms. The van der Waals surface area contributed by atoms with Crippen LogP contribution in [0, 0.1) is 0 Å². The van der Waals surface area contributed by atoms with E-state index in [-0.39, 0.29) is 19.3 Å². The van der Waals surface area contributed by atoms with Gasteiger partial charge in [0.2, 0.25) is 0 Å². The van der Waals surface area contributed by atoms with Crippen LogP contribution in [0.4, 0.5) is 0 Å². The highest BCUT2D eigenvalue weighted by Gasteiger charge is 2.16. The molecule has 0 saturated carbocycles. The number of carboxylic acid groups (broad SMARTS) is 2. The molecule has 6 nitrogen and oxygen atoms in total. The summed E-state index contributed by atoms with van der Waals surface area (Å²) in [5, 5.41) is 16.6. The van der Waals surface area contributed by atoms with E-state index in [4.69, 9.17) is 15.9 Å². The predicted molar refractivity (Wildman–Crippen MR) is 46.7 cm³/mol. The maximum Gasteiger partial charge on any atom is 0.305 e. The molecule has 0 rings (SSSR count). The van der Waals surface area contributed by atoms with Crippen LogP contribution in [0.5, 0.6) is 0 Å². The van der Waals surface area contributed by atoms with Crippen molar-refractivity contribution >= 4 is 17.7 Å². The van der Waals surface area contributed by atoms with Crippen molar-refractivity contribution in [3.05, 3.63) is 0 Å². The molecule has 1 unspecified atom stereocenters. The van der Waals surface area contributed by atoms with Gasteiger partial charge in [-0.05, 0) is 6.42 Å². The van der Waals surface area contributed by atoms with Gasteiger partial charge in [0, 0.05) is 12.8 Å². The lowest BCUT2D eigenvalue weighted by Gasteiger charge is -2.06. The third-order valence-electron chi connectivity index (χ3n) is 1.62. The van der Waals surface area contributed by atoms with E-state index in [0.717, 1.165) is 0 Å². The fourth-order valence-corrected chi connectivity index (χ4v) is 0.901. The molecule has 80 valence electrons. The molecule has 0 amide bonds. The summed E-state index contributed by atoms with van der Waals surface area (Å²) in [4.78, 5) is 31.3. The molecule has 6 heteroatoms. The second kappa shape index (κ2) is 6.09. The summed E-state index contributed by atoms with van der Waals surface area (Å²) in [5.74, 6) is -2.53. The van der Waals surface area contributed by atoms with Gasteiger partial charge in [-0.25, -0.2) is 0 Å². The minimum atomic E-state index is -1.14. The number of carbonyl (C=O) groups is 3. The smallest absolute Gasteiger partial charge is 0.305 e. The largest absolute Gasteiger partial charge is 0.481 e. The summed E-state index contributed by atoms with van der Waals surface area (Å²) in [6, 6.07) is -1.03. The number of carbonyl (C=O) groups excluding carboxylic acids is 1. The van der Waals surface area contributed by atoms with Crippen molar-refractivity contribution in [3.8, 4) is 0 Å². The van der Waals surface area contributed by atoms with Gasteiger partial charge in [0.05, 0.1) is 12.5 Å². The van der Waals surface area contributed by atoms with E-state index in [2.05, 4.69) is 0 Å². The lowest BCUT2D eigenvalue weighted by atomic mass is 10.0. The highest BCUT2D eigenvalue weighted by molar-refractivity contribution is 5.87. The number of ketones is 1. The summed E-state index contributed by atoms with van der Waals surface area (Å²) in [6.07, 6.45) is -0.306. The summed E-state index contributed by atoms with van der Waals surface area (Å²) in [5.41, 5.74) is 5.26. The van der Waals surface area contributed by atoms with Crippen LogP contribution in [0.3, 0.4) is 0 Å². The molecule has 1 atom stereocenters. The second-order valence-corrected chi connectivity index (χ2v) is 2.92. The first-order chi connectivity index (χ1) is 6.43. The van der Waals surface area contributed by atoms with E-state index in [1.165, 1.54) is 0 Å². The Morgan fingerprint density at radius 1 is 1.07 bits per heavy atom. The van der Waals surface area contributed by atoms with E-state index in [0.29, 0.717) is 0 Å². The van der Waals surface area contributed by atoms with Gasteiger partial charge in [0.25, 0.3) is 0 Å². The zero-order chi connectivity index (χ0) is 11.1. The van der Waals surface area contributed by atoms with Crippen molar-refractivity contribution in [3.63, 3.8) is 0 Å². The second-order valence-electron chi connectivity index (χ2n) is 2.92. The molecule has 4 N–H and O–H groups in total. The first-order valence-electron chi connectivity index (χ1n) is 4.15. The summed E-state index contributed by atoms with van der Waals surface area (Å²) in [6.45, 7) is 0. The molecular weight excluding hydrogens is 190 g/mol. The zero-order valence-corrected chi connectivity index (χ0v) is 7.60. The van der Waals surface area contributed by atoms with Crippen LogP contribution in [0.2, 0.25) is 0 Å². The number of hydrogen-bond acceptors (Lipinski definition) is 4. The van der Waals surface area contributed by atoms with Crippen LogP contribution in [0.25, 0.3) is 0 Å². The molecule has 0 aliphatic carbocycles. The fraction of sp³-hybridized carbons (Fsp3) is 0.625. The predicted octanol–water partition coefficient (Wildman–Crippen LogP) is -0.388. The van der Waals surface area contributed by atoms with E-state index in [1.54, 1.807) is 0 Å². The quantitative estimate of drug-likeness (QED) is 0.518. The lowest BCUT2D eigenvalue weighted by molar-refractivity contribution is -0.140. The lowest BCUT2D eigenvalue weighted by Crippen LogP contribution is -2.32. The Labute approximate surface area is 80.7 Å². The standard InChI is InChI=1S/C8H13NO5/c9-5(4-8(13)14)6(10)2-1-3-7(11)12/h5H,1-4,9H2,(H,11,12)(H,13,14). The van der Waals surface area contributed by atoms with E-state index < -0.39 is 30.2 Å². The Morgan fingerprint density at radius 3 is 2.07 bits per heavy atom. The summed E-state index contributed by atoms with van der Waals surface area (Å²) >= 11 is 0. The summed E-state index contributed by atoms with van der Waals surface area (Å²) in [7, 11) is 0. The topological polar surface area (TPSA) is 118 Å². The van der Waals surface area contributed by atoms with Crippen LogP contribution in [-0.4, -0.2) is 34.0 Å². The van der Waals surface area contributed by atoms with E-state index in [9.17, 15) is 14.4 Å². The van der Waals surface area contributed by atoms with Crippen LogP contribution in [0.1, 0.15) is 25.7 Å². The SMILES string of the molecule is NC(CC(=O)O)C(=O)CCCC(=O)O. The van der Waals surface area contributed by atoms with Gasteiger partial charge in [0.15, 0.2) is 0 Å². The first kappa shape index (κ1) is 12.6. The molecule has 0 bridgehead atoms. The normalized spacial score (nSPS) is 12.1. The molecule has 0 heterocycles. The van der Waals surface area contributed by atoms with Gasteiger partial charge in [0.1, 0.15) is 5.78 Å². The minimum absolute atomic E-state index is 0.0146. The number of rotatable bonds is 7. The molecule has 0 aromatic carbocycles. The molecule has 0 aliphatic rings. The minimum Gasteiger partial charge on any atom is -0.481 e. The number of hydrogen-bond donors (Lipinski definition) is 3. The molecule has 0 aliphatic heterocycles. The zero-order valence-electron chi connectivity index (χ0n) is 7.60. The van der Waals surface area contributed by atoms with Gasteiger partial charge in [-0.1, -0.05) is 0 Å². The van der Waals surface area contributed by atoms with Gasteiger partial charge in [-0.2, -0.15) is 0 Å². The Morgan fingerprint density at radius 2 is 1.64 bits per heavy atom. The molecule has 0 saturated heterocycles. The highest BCUT2D eigenvalue weighted by atomic mass is 16.4. The molecule has 0 radical (unpaired) electrons. The number of aliphatic carboxylic acids is 2. The maximum absolute atomic E-state index is 11.1. The maximum atomic E-state index is 11.1. The Hall–Kier alpha value is -1.43. The van der Waals surface area contributed by atoms with Crippen molar-refractivity contribution in [1.29, 1.82) is 0 Å². The first-order valence-corrected chi connectivity index (χ1v) is 4.15. The Balaban J connectivity index is 3.73. The molecular formula is C8H13NO5. The number of carboxylic acids is 2. The van der Waals surface area contributed by atoms with E-state index in [1.807, 2.05) is 0 Å². The van der Waals surface area contributed by atoms with Crippen LogP contribution >= 0.6 is 0 Å². The van der Waals surface area contributed by atoms with Gasteiger partial charge >= 0.3 is 11.9 Å². The molecule has 0 aromatic heterocycles. The number of nitrogens with two attached hydrogens (primary N) is 1. The van der Waals surface area contributed by atoms with E-state index >= 15 is 0 Å². The number of Topliss-reactive ketones (excluding diaryl/α,β-unsaturated/α-hetero) is 1. The molecule has 0 aromatic rings. The Kier molecular flexibility index (Phi) is 5.47.